The van der Waals surface area contributed by atoms with Gasteiger partial charge in [0.1, 0.15) is 0 Å². The highest BCUT2D eigenvalue weighted by molar-refractivity contribution is 5.92. The van der Waals surface area contributed by atoms with Crippen molar-refractivity contribution in [1.29, 1.82) is 0 Å². The molecule has 3 N–H and O–H groups in total. The number of amides is 1. The molecule has 1 unspecified atom stereocenters. The van der Waals surface area contributed by atoms with Crippen LogP contribution in [-0.4, -0.2) is 17.4 Å². The number of anilines is 1. The zero-order chi connectivity index (χ0) is 11.3. The van der Waals surface area contributed by atoms with Gasteiger partial charge in [0, 0.05) is 6.54 Å². The Bertz CT molecular complexity index is 322. The fourth-order valence-electron chi connectivity index (χ4n) is 1.15. The number of nitrogens with zero attached hydrogens (tertiary/aromatic N) is 1. The van der Waals surface area contributed by atoms with Gasteiger partial charge in [0.25, 0.3) is 0 Å². The minimum Gasteiger partial charge on any atom is -0.330 e. The standard InChI is InChI=1S/C10H14FN3O/c1-2-7(5-12)10(15)14-8-3-4-9(11)13-6-8/h3-4,6-7H,2,5,12H2,1H3,(H,14,15). The van der Waals surface area contributed by atoms with Crippen LogP contribution in [0.4, 0.5) is 10.1 Å². The average molecular weight is 211 g/mol. The molecule has 1 aromatic heterocycles. The predicted octanol–water partition coefficient (Wildman–Crippen LogP) is 1.14. The molecule has 5 heteroatoms. The minimum atomic E-state index is -0.570. The Kier molecular flexibility index (Phi) is 4.17. The Hall–Kier alpha value is -1.49. The molecule has 4 nitrogen and oxygen atoms in total. The van der Waals surface area contributed by atoms with Gasteiger partial charge in [-0.2, -0.15) is 4.39 Å². The van der Waals surface area contributed by atoms with E-state index in [-0.39, 0.29) is 11.8 Å². The lowest BCUT2D eigenvalue weighted by atomic mass is 10.1. The van der Waals surface area contributed by atoms with E-state index in [0.717, 1.165) is 0 Å². The van der Waals surface area contributed by atoms with Crippen molar-refractivity contribution in [2.24, 2.45) is 11.7 Å². The summed E-state index contributed by atoms with van der Waals surface area (Å²) in [4.78, 5) is 15.0. The van der Waals surface area contributed by atoms with Gasteiger partial charge in [-0.15, -0.1) is 0 Å². The number of carbonyl (C=O) groups is 1. The van der Waals surface area contributed by atoms with E-state index in [2.05, 4.69) is 10.3 Å². The van der Waals surface area contributed by atoms with Crippen LogP contribution in [0.5, 0.6) is 0 Å². The van der Waals surface area contributed by atoms with Crippen LogP contribution < -0.4 is 11.1 Å². The number of hydrogen-bond donors (Lipinski definition) is 2. The topological polar surface area (TPSA) is 68.0 Å². The molecule has 1 heterocycles. The van der Waals surface area contributed by atoms with Crippen molar-refractivity contribution in [2.75, 3.05) is 11.9 Å². The highest BCUT2D eigenvalue weighted by Crippen LogP contribution is 2.09. The molecule has 0 fully saturated rings. The summed E-state index contributed by atoms with van der Waals surface area (Å²) in [5.74, 6) is -0.942. The maximum atomic E-state index is 12.5. The molecule has 0 aliphatic heterocycles. The fourth-order valence-corrected chi connectivity index (χ4v) is 1.15. The monoisotopic (exact) mass is 211 g/mol. The Labute approximate surface area is 87.7 Å². The lowest BCUT2D eigenvalue weighted by molar-refractivity contribution is -0.119. The predicted molar refractivity (Wildman–Crippen MR) is 55.7 cm³/mol. The highest BCUT2D eigenvalue weighted by Gasteiger charge is 2.14. The van der Waals surface area contributed by atoms with E-state index < -0.39 is 5.95 Å². The molecule has 0 spiro atoms. The number of nitrogens with one attached hydrogen (secondary N) is 1. The van der Waals surface area contributed by atoms with Gasteiger partial charge in [-0.3, -0.25) is 4.79 Å². The number of carbonyl (C=O) groups excluding carboxylic acids is 1. The molecule has 0 radical (unpaired) electrons. The zero-order valence-electron chi connectivity index (χ0n) is 8.53. The molecule has 0 bridgehead atoms. The maximum Gasteiger partial charge on any atom is 0.228 e. The summed E-state index contributed by atoms with van der Waals surface area (Å²) in [6.07, 6.45) is 1.95. The van der Waals surface area contributed by atoms with E-state index >= 15 is 0 Å². The minimum absolute atomic E-state index is 0.159. The first-order valence-corrected chi connectivity index (χ1v) is 4.79. The quantitative estimate of drug-likeness (QED) is 0.734. The summed E-state index contributed by atoms with van der Waals surface area (Å²) in [6.45, 7) is 2.19. The normalized spacial score (nSPS) is 12.2. The van der Waals surface area contributed by atoms with Crippen molar-refractivity contribution in [3.05, 3.63) is 24.3 Å². The van der Waals surface area contributed by atoms with Gasteiger partial charge in [0.05, 0.1) is 17.8 Å². The van der Waals surface area contributed by atoms with E-state index in [1.54, 1.807) is 0 Å². The van der Waals surface area contributed by atoms with Crippen molar-refractivity contribution in [1.82, 2.24) is 4.98 Å². The summed E-state index contributed by atoms with van der Waals surface area (Å²) >= 11 is 0. The molecule has 0 saturated heterocycles. The Morgan fingerprint density at radius 1 is 1.67 bits per heavy atom. The number of rotatable bonds is 4. The third-order valence-electron chi connectivity index (χ3n) is 2.14. The second-order valence-electron chi connectivity index (χ2n) is 3.20. The Morgan fingerprint density at radius 3 is 2.87 bits per heavy atom. The maximum absolute atomic E-state index is 12.5. The fraction of sp³-hybridized carbons (Fsp3) is 0.400. The Balaban J connectivity index is 2.61. The van der Waals surface area contributed by atoms with Crippen LogP contribution in [0.1, 0.15) is 13.3 Å². The van der Waals surface area contributed by atoms with Gasteiger partial charge in [-0.05, 0) is 18.6 Å². The van der Waals surface area contributed by atoms with E-state index in [4.69, 9.17) is 5.73 Å². The number of pyridine rings is 1. The van der Waals surface area contributed by atoms with Crippen molar-refractivity contribution >= 4 is 11.6 Å². The van der Waals surface area contributed by atoms with Crippen molar-refractivity contribution in [3.63, 3.8) is 0 Å². The molecule has 1 rings (SSSR count). The Morgan fingerprint density at radius 2 is 2.40 bits per heavy atom. The zero-order valence-corrected chi connectivity index (χ0v) is 8.53. The van der Waals surface area contributed by atoms with E-state index in [1.807, 2.05) is 6.92 Å². The smallest absolute Gasteiger partial charge is 0.228 e. The molecular formula is C10H14FN3O. The van der Waals surface area contributed by atoms with Gasteiger partial charge in [-0.1, -0.05) is 6.92 Å². The summed E-state index contributed by atoms with van der Waals surface area (Å²) in [5, 5.41) is 2.62. The number of nitrogens with two attached hydrogens (primary N) is 1. The molecule has 82 valence electrons. The van der Waals surface area contributed by atoms with Crippen molar-refractivity contribution < 1.29 is 9.18 Å². The van der Waals surface area contributed by atoms with Crippen molar-refractivity contribution in [3.8, 4) is 0 Å². The van der Waals surface area contributed by atoms with Crippen LogP contribution >= 0.6 is 0 Å². The molecular weight excluding hydrogens is 197 g/mol. The van der Waals surface area contributed by atoms with Gasteiger partial charge in [-0.25, -0.2) is 4.98 Å². The first-order chi connectivity index (χ1) is 7.17. The molecule has 0 aromatic carbocycles. The molecule has 0 aliphatic carbocycles. The van der Waals surface area contributed by atoms with E-state index in [9.17, 15) is 9.18 Å². The number of halogens is 1. The van der Waals surface area contributed by atoms with Gasteiger partial charge < -0.3 is 11.1 Å². The third kappa shape index (κ3) is 3.28. The second kappa shape index (κ2) is 5.41. The number of aromatic nitrogens is 1. The molecule has 15 heavy (non-hydrogen) atoms. The second-order valence-corrected chi connectivity index (χ2v) is 3.20. The first-order valence-electron chi connectivity index (χ1n) is 4.79. The largest absolute Gasteiger partial charge is 0.330 e. The number of hydrogen-bond acceptors (Lipinski definition) is 3. The SMILES string of the molecule is CCC(CN)C(=O)Nc1ccc(F)nc1. The molecule has 1 amide bonds. The van der Waals surface area contributed by atoms with Gasteiger partial charge >= 0.3 is 0 Å². The first kappa shape index (κ1) is 11.6. The average Bonchev–Trinajstić information content (AvgIpc) is 2.23. The van der Waals surface area contributed by atoms with Crippen LogP contribution in [0.2, 0.25) is 0 Å². The van der Waals surface area contributed by atoms with Gasteiger partial charge in [0.15, 0.2) is 0 Å². The molecule has 1 aromatic rings. The summed E-state index contributed by atoms with van der Waals surface area (Å²) in [5.41, 5.74) is 5.91. The van der Waals surface area contributed by atoms with Crippen LogP contribution in [0.3, 0.4) is 0 Å². The van der Waals surface area contributed by atoms with Gasteiger partial charge in [0.2, 0.25) is 11.9 Å². The lowest BCUT2D eigenvalue weighted by Crippen LogP contribution is -2.28. The summed E-state index contributed by atoms with van der Waals surface area (Å²) in [6, 6.07) is 2.66. The van der Waals surface area contributed by atoms with Crippen molar-refractivity contribution in [2.45, 2.75) is 13.3 Å². The van der Waals surface area contributed by atoms with E-state index in [0.29, 0.717) is 18.7 Å². The molecule has 1 atom stereocenters. The summed E-state index contributed by atoms with van der Waals surface area (Å²) < 4.78 is 12.5. The lowest BCUT2D eigenvalue weighted by Gasteiger charge is -2.12. The third-order valence-corrected chi connectivity index (χ3v) is 2.14. The summed E-state index contributed by atoms with van der Waals surface area (Å²) in [7, 11) is 0. The van der Waals surface area contributed by atoms with Crippen LogP contribution in [0, 0.1) is 11.9 Å². The van der Waals surface area contributed by atoms with Crippen LogP contribution in [0.15, 0.2) is 18.3 Å². The molecule has 0 saturated carbocycles. The molecule has 0 aliphatic rings. The van der Waals surface area contributed by atoms with Crippen LogP contribution in [0.25, 0.3) is 0 Å². The van der Waals surface area contributed by atoms with Crippen LogP contribution in [-0.2, 0) is 4.79 Å². The van der Waals surface area contributed by atoms with E-state index in [1.165, 1.54) is 18.3 Å². The highest BCUT2D eigenvalue weighted by atomic mass is 19.1.